The molecule has 0 bridgehead atoms. The van der Waals surface area contributed by atoms with Gasteiger partial charge < -0.3 is 26.2 Å². The van der Waals surface area contributed by atoms with Crippen LogP contribution in [0.15, 0.2) is 6.20 Å². The van der Waals surface area contributed by atoms with E-state index in [0.29, 0.717) is 31.0 Å². The summed E-state index contributed by atoms with van der Waals surface area (Å²) in [4.78, 5) is 20.4. The van der Waals surface area contributed by atoms with Crippen molar-refractivity contribution >= 4 is 17.7 Å². The van der Waals surface area contributed by atoms with Crippen molar-refractivity contribution in [3.63, 3.8) is 0 Å². The monoisotopic (exact) mass is 427 g/mol. The average Bonchev–Trinajstić information content (AvgIpc) is 2.67. The van der Waals surface area contributed by atoms with Crippen LogP contribution < -0.4 is 16.4 Å². The van der Waals surface area contributed by atoms with E-state index in [9.17, 15) is 18.7 Å². The van der Waals surface area contributed by atoms with Gasteiger partial charge in [0.1, 0.15) is 12.4 Å². The summed E-state index contributed by atoms with van der Waals surface area (Å²) in [5.41, 5.74) is 5.67. The van der Waals surface area contributed by atoms with Crippen molar-refractivity contribution in [2.75, 3.05) is 17.2 Å². The maximum Gasteiger partial charge on any atom is 0.268 e. The molecule has 0 unspecified atom stereocenters. The van der Waals surface area contributed by atoms with E-state index in [4.69, 9.17) is 10.5 Å². The Balaban J connectivity index is 1.58. The molecule has 168 valence electrons. The summed E-state index contributed by atoms with van der Waals surface area (Å²) < 4.78 is 31.2. The first-order chi connectivity index (χ1) is 14.2. The molecule has 2 saturated carbocycles. The molecule has 1 aromatic heterocycles. The zero-order valence-corrected chi connectivity index (χ0v) is 17.2. The van der Waals surface area contributed by atoms with E-state index in [2.05, 4.69) is 20.6 Å². The first kappa shape index (κ1) is 22.6. The van der Waals surface area contributed by atoms with Crippen molar-refractivity contribution in [3.05, 3.63) is 11.8 Å². The van der Waals surface area contributed by atoms with Crippen LogP contribution in [-0.2, 0) is 4.74 Å². The van der Waals surface area contributed by atoms with Crippen LogP contribution in [0.25, 0.3) is 0 Å². The molecular weight excluding hydrogens is 396 g/mol. The van der Waals surface area contributed by atoms with Gasteiger partial charge in [-0.05, 0) is 51.4 Å². The molecule has 0 saturated heterocycles. The summed E-state index contributed by atoms with van der Waals surface area (Å²) in [6.07, 6.45) is 6.87. The highest BCUT2D eigenvalue weighted by Crippen LogP contribution is 2.27. The number of amides is 1. The van der Waals surface area contributed by atoms with Crippen LogP contribution >= 0.6 is 0 Å². The minimum atomic E-state index is -2.82. The first-order valence-electron chi connectivity index (χ1n) is 10.6. The molecule has 0 aromatic carbocycles. The number of carbonyl (C=O) groups is 1. The molecule has 30 heavy (non-hydrogen) atoms. The number of nitrogens with zero attached hydrogens (tertiary/aromatic N) is 2. The number of alkyl halides is 2. The van der Waals surface area contributed by atoms with E-state index in [0.717, 1.165) is 39.0 Å². The molecule has 3 rings (SSSR count). The Labute approximate surface area is 175 Å². The second-order valence-electron chi connectivity index (χ2n) is 8.48. The largest absolute Gasteiger partial charge is 0.393 e. The van der Waals surface area contributed by atoms with Gasteiger partial charge in [0.2, 0.25) is 5.95 Å². The molecule has 10 heteroatoms. The zero-order chi connectivity index (χ0) is 21.7. The van der Waals surface area contributed by atoms with Crippen molar-refractivity contribution in [2.45, 2.75) is 88.5 Å². The molecule has 1 aromatic rings. The van der Waals surface area contributed by atoms with Gasteiger partial charge in [-0.15, -0.1) is 0 Å². The quantitative estimate of drug-likeness (QED) is 0.503. The Morgan fingerprint density at radius 1 is 1.23 bits per heavy atom. The highest BCUT2D eigenvalue weighted by atomic mass is 19.3. The van der Waals surface area contributed by atoms with E-state index in [1.807, 2.05) is 0 Å². The number of hydrogen-bond donors (Lipinski definition) is 4. The minimum Gasteiger partial charge on any atom is -0.393 e. The van der Waals surface area contributed by atoms with Crippen molar-refractivity contribution < 1.29 is 23.4 Å². The van der Waals surface area contributed by atoms with Gasteiger partial charge in [-0.2, -0.15) is 4.98 Å². The fourth-order valence-corrected chi connectivity index (χ4v) is 4.05. The van der Waals surface area contributed by atoms with E-state index in [1.54, 1.807) is 0 Å². The number of rotatable bonds is 8. The second kappa shape index (κ2) is 9.82. The fraction of sp³-hybridized carbons (Fsp3) is 0.750. The van der Waals surface area contributed by atoms with Crippen molar-refractivity contribution in [3.8, 4) is 0 Å². The molecule has 2 fully saturated rings. The molecule has 8 nitrogen and oxygen atoms in total. The Bertz CT molecular complexity index is 723. The Morgan fingerprint density at radius 2 is 1.97 bits per heavy atom. The van der Waals surface area contributed by atoms with Crippen LogP contribution in [0.4, 0.5) is 20.5 Å². The normalized spacial score (nSPS) is 27.5. The molecule has 1 amide bonds. The summed E-state index contributed by atoms with van der Waals surface area (Å²) in [5.74, 6) is -2.70. The highest BCUT2D eigenvalue weighted by Gasteiger charge is 2.28. The van der Waals surface area contributed by atoms with Crippen molar-refractivity contribution in [2.24, 2.45) is 5.73 Å². The van der Waals surface area contributed by atoms with E-state index in [-0.39, 0.29) is 29.9 Å². The number of primary amides is 1. The van der Waals surface area contributed by atoms with Crippen LogP contribution in [-0.4, -0.2) is 57.8 Å². The Hall–Kier alpha value is -2.07. The van der Waals surface area contributed by atoms with Crippen LogP contribution in [0.5, 0.6) is 0 Å². The first-order valence-corrected chi connectivity index (χ1v) is 10.6. The molecule has 0 spiro atoms. The third-order valence-electron chi connectivity index (χ3n) is 5.62. The van der Waals surface area contributed by atoms with Gasteiger partial charge >= 0.3 is 0 Å². The Morgan fingerprint density at radius 3 is 2.60 bits per heavy atom. The number of ether oxygens (including phenoxy) is 1. The smallest absolute Gasteiger partial charge is 0.268 e. The molecule has 0 radical (unpaired) electrons. The van der Waals surface area contributed by atoms with Crippen molar-refractivity contribution in [1.29, 1.82) is 0 Å². The van der Waals surface area contributed by atoms with E-state index < -0.39 is 18.4 Å². The van der Waals surface area contributed by atoms with Gasteiger partial charge in [-0.1, -0.05) is 0 Å². The van der Waals surface area contributed by atoms with Crippen molar-refractivity contribution in [1.82, 2.24) is 9.97 Å². The van der Waals surface area contributed by atoms with Crippen LogP contribution in [0.3, 0.4) is 0 Å². The number of halogens is 2. The Kier molecular flexibility index (Phi) is 7.41. The van der Waals surface area contributed by atoms with Crippen LogP contribution in [0.2, 0.25) is 0 Å². The summed E-state index contributed by atoms with van der Waals surface area (Å²) >= 11 is 0. The van der Waals surface area contributed by atoms with Gasteiger partial charge in [0.25, 0.3) is 11.8 Å². The topological polar surface area (TPSA) is 122 Å². The predicted molar refractivity (Wildman–Crippen MR) is 109 cm³/mol. The number of anilines is 2. The lowest BCUT2D eigenvalue weighted by molar-refractivity contribution is -0.0943. The number of aromatic nitrogens is 2. The number of aliphatic hydroxyl groups is 1. The maximum absolute atomic E-state index is 13.0. The summed E-state index contributed by atoms with van der Waals surface area (Å²) in [7, 11) is 0. The average molecular weight is 427 g/mol. The highest BCUT2D eigenvalue weighted by molar-refractivity contribution is 5.97. The number of nitrogens with two attached hydrogens (primary N) is 1. The van der Waals surface area contributed by atoms with Gasteiger partial charge in [-0.3, -0.25) is 4.79 Å². The minimum absolute atomic E-state index is 0.0129. The fourth-order valence-electron chi connectivity index (χ4n) is 4.05. The predicted octanol–water partition coefficient (Wildman–Crippen LogP) is 2.69. The van der Waals surface area contributed by atoms with Gasteiger partial charge in [0.15, 0.2) is 0 Å². The summed E-state index contributed by atoms with van der Waals surface area (Å²) in [6.45, 7) is 0.297. The van der Waals surface area contributed by atoms with Gasteiger partial charge in [0.05, 0.1) is 17.8 Å². The lowest BCUT2D eigenvalue weighted by Gasteiger charge is -2.30. The number of carbonyl (C=O) groups excluding carboxylic acids is 1. The maximum atomic E-state index is 13.0. The van der Waals surface area contributed by atoms with Gasteiger partial charge in [-0.25, -0.2) is 13.8 Å². The molecule has 1 heterocycles. The zero-order valence-electron chi connectivity index (χ0n) is 17.2. The third-order valence-corrected chi connectivity index (χ3v) is 5.62. The third kappa shape index (κ3) is 6.73. The molecule has 0 aliphatic heterocycles. The number of hydrogen-bond acceptors (Lipinski definition) is 7. The summed E-state index contributed by atoms with van der Waals surface area (Å²) in [5, 5.41) is 16.4. The molecule has 5 N–H and O–H groups in total. The van der Waals surface area contributed by atoms with Crippen LogP contribution in [0, 0.1) is 0 Å². The lowest BCUT2D eigenvalue weighted by Crippen LogP contribution is -2.33. The molecule has 2 aliphatic carbocycles. The van der Waals surface area contributed by atoms with Gasteiger partial charge in [0, 0.05) is 25.2 Å². The number of aliphatic hydroxyl groups excluding tert-OH is 1. The second-order valence-corrected chi connectivity index (χ2v) is 8.48. The van der Waals surface area contributed by atoms with E-state index >= 15 is 0 Å². The molecular formula is C20H31F2N5O3. The standard InChI is InChI=1S/C20H31F2N5O3/c1-20(21,22)11-30-15-7-5-12(6-8-15)26-19-24-10-16(17(23)29)18(27-19)25-13-3-2-4-14(28)9-13/h10,12-15,28H,2-9,11H2,1H3,(H2,23,29)(H2,24,25,26,27)/t12?,13-,14+,15?/m1/s1. The molecule has 2 aliphatic rings. The molecule has 2 atom stereocenters. The SMILES string of the molecule is CC(F)(F)COC1CCC(Nc2ncc(C(N)=O)c(N[C@@H]3CCC[C@H](O)C3)n2)CC1. The lowest BCUT2D eigenvalue weighted by atomic mass is 9.93. The summed E-state index contributed by atoms with van der Waals surface area (Å²) in [6, 6.07) is 0.106. The number of nitrogens with one attached hydrogen (secondary N) is 2. The van der Waals surface area contributed by atoms with E-state index in [1.165, 1.54) is 6.20 Å². The van der Waals surface area contributed by atoms with Crippen LogP contribution in [0.1, 0.15) is 68.6 Å².